The van der Waals surface area contributed by atoms with Gasteiger partial charge in [0.05, 0.1) is 11.0 Å². The van der Waals surface area contributed by atoms with Gasteiger partial charge in [-0.15, -0.1) is 0 Å². The van der Waals surface area contributed by atoms with Gasteiger partial charge in [-0.25, -0.2) is 0 Å². The zero-order valence-electron chi connectivity index (χ0n) is 11.4. The maximum Gasteiger partial charge on any atom is 0.274 e. The molecule has 4 nitrogen and oxygen atoms in total. The number of hydrogen-bond acceptors (Lipinski definition) is 2. The molecule has 0 fully saturated rings. The number of aromatic amines is 1. The number of carbonyl (C=O) groups excluding carboxylic acids is 1. The summed E-state index contributed by atoms with van der Waals surface area (Å²) in [4.78, 5) is 21.5. The first kappa shape index (κ1) is 12.4. The summed E-state index contributed by atoms with van der Waals surface area (Å²) in [6.07, 6.45) is 1.72. The molecule has 0 aliphatic heterocycles. The Morgan fingerprint density at radius 1 is 1.20 bits per heavy atom. The van der Waals surface area contributed by atoms with Gasteiger partial charge in [0.1, 0.15) is 5.69 Å². The van der Waals surface area contributed by atoms with Gasteiger partial charge in [0.15, 0.2) is 0 Å². The van der Waals surface area contributed by atoms with Crippen LogP contribution in [0.15, 0.2) is 48.7 Å². The van der Waals surface area contributed by atoms with Crippen molar-refractivity contribution in [3.8, 4) is 0 Å². The quantitative estimate of drug-likeness (QED) is 0.773. The number of fused-ring (bicyclic) bond motifs is 1. The van der Waals surface area contributed by atoms with E-state index in [2.05, 4.69) is 9.97 Å². The van der Waals surface area contributed by atoms with Gasteiger partial charge in [0.25, 0.3) is 5.91 Å². The Labute approximate surface area is 117 Å². The first-order valence-electron chi connectivity index (χ1n) is 6.43. The number of carbonyl (C=O) groups is 1. The lowest BCUT2D eigenvalue weighted by Gasteiger charge is -2.16. The molecule has 3 aromatic rings. The smallest absolute Gasteiger partial charge is 0.274 e. The second kappa shape index (κ2) is 4.81. The average Bonchev–Trinajstić information content (AvgIpc) is 2.89. The third-order valence-electron chi connectivity index (χ3n) is 3.31. The summed E-state index contributed by atoms with van der Waals surface area (Å²) >= 11 is 0. The number of anilines is 1. The van der Waals surface area contributed by atoms with E-state index in [-0.39, 0.29) is 5.91 Å². The van der Waals surface area contributed by atoms with Crippen molar-refractivity contribution in [2.24, 2.45) is 0 Å². The van der Waals surface area contributed by atoms with E-state index in [1.165, 1.54) is 0 Å². The molecule has 0 saturated carbocycles. The van der Waals surface area contributed by atoms with Crippen LogP contribution in [0.4, 0.5) is 5.69 Å². The summed E-state index contributed by atoms with van der Waals surface area (Å²) in [6.45, 7) is 2.01. The molecule has 2 heterocycles. The van der Waals surface area contributed by atoms with Gasteiger partial charge >= 0.3 is 0 Å². The predicted molar refractivity (Wildman–Crippen MR) is 80.0 cm³/mol. The first-order valence-corrected chi connectivity index (χ1v) is 6.43. The maximum absolute atomic E-state index is 12.5. The van der Waals surface area contributed by atoms with Crippen molar-refractivity contribution in [2.45, 2.75) is 6.92 Å². The van der Waals surface area contributed by atoms with Crippen LogP contribution in [0, 0.1) is 6.92 Å². The Morgan fingerprint density at radius 2 is 2.05 bits per heavy atom. The largest absolute Gasteiger partial charge is 0.349 e. The van der Waals surface area contributed by atoms with Crippen molar-refractivity contribution < 1.29 is 4.79 Å². The van der Waals surface area contributed by atoms with Gasteiger partial charge in [0, 0.05) is 18.9 Å². The summed E-state index contributed by atoms with van der Waals surface area (Å²) in [5.41, 5.74) is 4.21. The van der Waals surface area contributed by atoms with Crippen molar-refractivity contribution in [1.82, 2.24) is 9.97 Å². The van der Waals surface area contributed by atoms with Gasteiger partial charge in [-0.05, 0) is 42.8 Å². The van der Waals surface area contributed by atoms with Crippen LogP contribution >= 0.6 is 0 Å². The predicted octanol–water partition coefficient (Wildman–Crippen LogP) is 3.15. The molecule has 0 atom stereocenters. The Morgan fingerprint density at radius 3 is 2.80 bits per heavy atom. The van der Waals surface area contributed by atoms with Crippen molar-refractivity contribution >= 4 is 22.6 Å². The molecule has 0 unspecified atom stereocenters. The molecular formula is C16H15N3O. The second-order valence-corrected chi connectivity index (χ2v) is 4.82. The number of aryl methyl sites for hydroxylation is 1. The summed E-state index contributed by atoms with van der Waals surface area (Å²) in [5, 5.41) is 0. The lowest BCUT2D eigenvalue weighted by atomic mass is 10.2. The lowest BCUT2D eigenvalue weighted by molar-refractivity contribution is 0.0989. The fraction of sp³-hybridized carbons (Fsp3) is 0.125. The minimum absolute atomic E-state index is 0.0754. The molecule has 0 aliphatic carbocycles. The van der Waals surface area contributed by atoms with Crippen LogP contribution < -0.4 is 4.90 Å². The SMILES string of the molecule is Cc1cccc(N(C)C(=O)c2cc3ncccc3[nH]2)c1. The first-order chi connectivity index (χ1) is 9.65. The Bertz CT molecular complexity index is 743. The number of nitrogens with one attached hydrogen (secondary N) is 1. The van der Waals surface area contributed by atoms with Crippen molar-refractivity contribution in [3.05, 3.63) is 59.9 Å². The van der Waals surface area contributed by atoms with Crippen LogP contribution in [0.2, 0.25) is 0 Å². The molecule has 0 bridgehead atoms. The highest BCUT2D eigenvalue weighted by Crippen LogP contribution is 2.18. The van der Waals surface area contributed by atoms with Crippen LogP contribution in [-0.4, -0.2) is 22.9 Å². The highest BCUT2D eigenvalue weighted by molar-refractivity contribution is 6.06. The number of H-pyrrole nitrogens is 1. The third kappa shape index (κ3) is 2.16. The van der Waals surface area contributed by atoms with Crippen LogP contribution in [0.5, 0.6) is 0 Å². The van der Waals surface area contributed by atoms with E-state index in [1.54, 1.807) is 24.2 Å². The van der Waals surface area contributed by atoms with E-state index in [4.69, 9.17) is 0 Å². The number of amides is 1. The molecule has 1 aromatic carbocycles. The summed E-state index contributed by atoms with van der Waals surface area (Å²) in [7, 11) is 1.77. The van der Waals surface area contributed by atoms with E-state index in [1.807, 2.05) is 43.3 Å². The number of pyridine rings is 1. The van der Waals surface area contributed by atoms with Gasteiger partial charge in [0.2, 0.25) is 0 Å². The molecule has 2 aromatic heterocycles. The Balaban J connectivity index is 1.95. The van der Waals surface area contributed by atoms with E-state index in [0.29, 0.717) is 5.69 Å². The molecule has 1 N–H and O–H groups in total. The summed E-state index contributed by atoms with van der Waals surface area (Å²) in [5.74, 6) is -0.0754. The van der Waals surface area contributed by atoms with Gasteiger partial charge in [-0.2, -0.15) is 0 Å². The van der Waals surface area contributed by atoms with Gasteiger partial charge in [-0.3, -0.25) is 9.78 Å². The summed E-state index contributed by atoms with van der Waals surface area (Å²) in [6, 6.07) is 13.4. The van der Waals surface area contributed by atoms with Gasteiger partial charge in [-0.1, -0.05) is 12.1 Å². The van der Waals surface area contributed by atoms with Crippen molar-refractivity contribution in [1.29, 1.82) is 0 Å². The lowest BCUT2D eigenvalue weighted by Crippen LogP contribution is -2.26. The molecular weight excluding hydrogens is 250 g/mol. The zero-order chi connectivity index (χ0) is 14.1. The van der Waals surface area contributed by atoms with Crippen molar-refractivity contribution in [3.63, 3.8) is 0 Å². The molecule has 3 rings (SSSR count). The fourth-order valence-electron chi connectivity index (χ4n) is 2.21. The summed E-state index contributed by atoms with van der Waals surface area (Å²) < 4.78 is 0. The third-order valence-corrected chi connectivity index (χ3v) is 3.31. The Kier molecular flexibility index (Phi) is 2.99. The standard InChI is InChI=1S/C16H15N3O/c1-11-5-3-6-12(9-11)19(2)16(20)15-10-14-13(18-15)7-4-8-17-14/h3-10,18H,1-2H3. The fourth-order valence-corrected chi connectivity index (χ4v) is 2.21. The van der Waals surface area contributed by atoms with E-state index < -0.39 is 0 Å². The minimum Gasteiger partial charge on any atom is -0.349 e. The molecule has 100 valence electrons. The average molecular weight is 265 g/mol. The number of nitrogens with zero attached hydrogens (tertiary/aromatic N) is 2. The monoisotopic (exact) mass is 265 g/mol. The number of rotatable bonds is 2. The van der Waals surface area contributed by atoms with Crippen LogP contribution in [0.1, 0.15) is 16.1 Å². The van der Waals surface area contributed by atoms with E-state index in [0.717, 1.165) is 22.3 Å². The molecule has 0 spiro atoms. The zero-order valence-corrected chi connectivity index (χ0v) is 11.4. The maximum atomic E-state index is 12.5. The number of aromatic nitrogens is 2. The van der Waals surface area contributed by atoms with Crippen LogP contribution in [-0.2, 0) is 0 Å². The van der Waals surface area contributed by atoms with Crippen LogP contribution in [0.25, 0.3) is 11.0 Å². The number of benzene rings is 1. The minimum atomic E-state index is -0.0754. The molecule has 4 heteroatoms. The molecule has 0 aliphatic rings. The molecule has 0 saturated heterocycles. The van der Waals surface area contributed by atoms with Crippen LogP contribution in [0.3, 0.4) is 0 Å². The Hall–Kier alpha value is -2.62. The molecule has 20 heavy (non-hydrogen) atoms. The molecule has 1 amide bonds. The van der Waals surface area contributed by atoms with E-state index >= 15 is 0 Å². The van der Waals surface area contributed by atoms with Gasteiger partial charge < -0.3 is 9.88 Å². The highest BCUT2D eigenvalue weighted by atomic mass is 16.2. The van der Waals surface area contributed by atoms with Crippen molar-refractivity contribution in [2.75, 3.05) is 11.9 Å². The van der Waals surface area contributed by atoms with E-state index in [9.17, 15) is 4.79 Å². The second-order valence-electron chi connectivity index (χ2n) is 4.82. The topological polar surface area (TPSA) is 49.0 Å². The number of hydrogen-bond donors (Lipinski definition) is 1. The highest BCUT2D eigenvalue weighted by Gasteiger charge is 2.16. The normalized spacial score (nSPS) is 10.7. The molecule has 0 radical (unpaired) electrons.